The number of methoxy groups -OCH3 is 1. The molecule has 3 aromatic rings. The number of nitrogens with zero attached hydrogens (tertiary/aromatic N) is 3. The average molecular weight is 463 g/mol. The Morgan fingerprint density at radius 1 is 1.21 bits per heavy atom. The minimum absolute atomic E-state index is 0.266. The van der Waals surface area contributed by atoms with Gasteiger partial charge in [0, 0.05) is 36.9 Å². The van der Waals surface area contributed by atoms with Gasteiger partial charge in [-0.1, -0.05) is 0 Å². The Balaban J connectivity index is 1.59. The average Bonchev–Trinajstić information content (AvgIpc) is 2.85. The number of hydrogen-bond donors (Lipinski definition) is 2. The molecule has 2 heterocycles. The fraction of sp³-hybridized carbons (Fsp3) is 0.385. The molecule has 0 unspecified atom stereocenters. The van der Waals surface area contributed by atoms with Crippen LogP contribution in [0.3, 0.4) is 0 Å². The number of aromatic nitrogens is 1. The number of rotatable bonds is 8. The molecule has 0 amide bonds. The second kappa shape index (κ2) is 10.6. The summed E-state index contributed by atoms with van der Waals surface area (Å²) < 4.78 is 17.1. The third-order valence-electron chi connectivity index (χ3n) is 6.02. The molecule has 1 saturated heterocycles. The van der Waals surface area contributed by atoms with Crippen LogP contribution in [0.15, 0.2) is 30.5 Å². The van der Waals surface area contributed by atoms with Gasteiger partial charge in [-0.3, -0.25) is 9.88 Å². The molecule has 1 aromatic heterocycles. The third kappa shape index (κ3) is 5.01. The standard InChI is InChI=1S/C26H30N4O4/c1-17-13-20(14-18(2)25(17)31)29-23-19(15-27)16-28-24-21(23)5-6-22(26(24)32-3)34-10-4-7-30-8-11-33-12-9-30/h5-6,13-14,16,31H,4,7-12H2,1-3H3,(H,28,29). The number of fused-ring (bicyclic) bond motifs is 1. The second-order valence-corrected chi connectivity index (χ2v) is 8.39. The largest absolute Gasteiger partial charge is 0.507 e. The molecule has 34 heavy (non-hydrogen) atoms. The summed E-state index contributed by atoms with van der Waals surface area (Å²) in [6, 6.07) is 9.66. The number of nitriles is 1. The van der Waals surface area contributed by atoms with Crippen LogP contribution in [-0.2, 0) is 4.74 Å². The van der Waals surface area contributed by atoms with Gasteiger partial charge in [0.15, 0.2) is 11.5 Å². The Morgan fingerprint density at radius 3 is 2.62 bits per heavy atom. The first-order valence-electron chi connectivity index (χ1n) is 11.4. The normalized spacial score (nSPS) is 14.1. The fourth-order valence-electron chi connectivity index (χ4n) is 4.22. The number of benzene rings is 2. The lowest BCUT2D eigenvalue weighted by atomic mass is 10.1. The van der Waals surface area contributed by atoms with Crippen LogP contribution in [0.4, 0.5) is 11.4 Å². The van der Waals surface area contributed by atoms with Gasteiger partial charge in [-0.2, -0.15) is 5.26 Å². The molecule has 1 aliphatic rings. The Morgan fingerprint density at radius 2 is 1.94 bits per heavy atom. The van der Waals surface area contributed by atoms with E-state index in [2.05, 4.69) is 21.3 Å². The number of aryl methyl sites for hydroxylation is 2. The molecular weight excluding hydrogens is 432 g/mol. The zero-order chi connectivity index (χ0) is 24.1. The van der Waals surface area contributed by atoms with Crippen molar-refractivity contribution in [2.24, 2.45) is 0 Å². The molecule has 8 nitrogen and oxygen atoms in total. The minimum Gasteiger partial charge on any atom is -0.507 e. The third-order valence-corrected chi connectivity index (χ3v) is 6.02. The Hall–Kier alpha value is -3.54. The number of nitrogens with one attached hydrogen (secondary N) is 1. The first kappa shape index (κ1) is 23.6. The Labute approximate surface area is 199 Å². The molecule has 1 fully saturated rings. The highest BCUT2D eigenvalue weighted by molar-refractivity contribution is 6.00. The van der Waals surface area contributed by atoms with Gasteiger partial charge in [-0.25, -0.2) is 0 Å². The number of aromatic hydroxyl groups is 1. The molecule has 8 heteroatoms. The van der Waals surface area contributed by atoms with Crippen molar-refractivity contribution in [1.82, 2.24) is 9.88 Å². The number of ether oxygens (including phenoxy) is 3. The molecule has 0 atom stereocenters. The SMILES string of the molecule is COc1c(OCCCN2CCOCC2)ccc2c(Nc3cc(C)c(O)c(C)c3)c(C#N)cnc12. The van der Waals surface area contributed by atoms with E-state index in [0.29, 0.717) is 34.9 Å². The Bertz CT molecular complexity index is 1190. The van der Waals surface area contributed by atoms with Gasteiger partial charge in [0.05, 0.1) is 38.2 Å². The van der Waals surface area contributed by atoms with Crippen molar-refractivity contribution in [2.45, 2.75) is 20.3 Å². The van der Waals surface area contributed by atoms with E-state index in [9.17, 15) is 10.4 Å². The summed E-state index contributed by atoms with van der Waals surface area (Å²) in [5, 5.41) is 23.9. The molecule has 0 aliphatic carbocycles. The van der Waals surface area contributed by atoms with Crippen LogP contribution in [0.5, 0.6) is 17.2 Å². The molecule has 178 valence electrons. The molecule has 4 rings (SSSR count). The number of phenols is 1. The summed E-state index contributed by atoms with van der Waals surface area (Å²) in [4.78, 5) is 6.88. The van der Waals surface area contributed by atoms with Crippen LogP contribution >= 0.6 is 0 Å². The summed E-state index contributed by atoms with van der Waals surface area (Å²) in [6.07, 6.45) is 2.43. The van der Waals surface area contributed by atoms with E-state index in [1.54, 1.807) is 7.11 Å². The van der Waals surface area contributed by atoms with Crippen LogP contribution in [0, 0.1) is 25.2 Å². The monoisotopic (exact) mass is 462 g/mol. The van der Waals surface area contributed by atoms with Gasteiger partial charge in [0.2, 0.25) is 0 Å². The minimum atomic E-state index is 0.266. The molecule has 1 aliphatic heterocycles. The van der Waals surface area contributed by atoms with Crippen molar-refractivity contribution in [3.8, 4) is 23.3 Å². The van der Waals surface area contributed by atoms with Crippen LogP contribution in [0.1, 0.15) is 23.1 Å². The molecule has 0 bridgehead atoms. The second-order valence-electron chi connectivity index (χ2n) is 8.39. The highest BCUT2D eigenvalue weighted by Crippen LogP contribution is 2.39. The van der Waals surface area contributed by atoms with E-state index < -0.39 is 0 Å². The van der Waals surface area contributed by atoms with Crippen LogP contribution in [-0.4, -0.2) is 61.6 Å². The van der Waals surface area contributed by atoms with Crippen LogP contribution < -0.4 is 14.8 Å². The number of phenolic OH excluding ortho intramolecular Hbond substituents is 1. The van der Waals surface area contributed by atoms with E-state index in [0.717, 1.165) is 61.5 Å². The predicted octanol–water partition coefficient (Wildman–Crippen LogP) is 4.28. The van der Waals surface area contributed by atoms with Gasteiger partial charge < -0.3 is 24.6 Å². The van der Waals surface area contributed by atoms with Crippen molar-refractivity contribution in [3.63, 3.8) is 0 Å². The maximum absolute atomic E-state index is 10.1. The van der Waals surface area contributed by atoms with Crippen LogP contribution in [0.2, 0.25) is 0 Å². The van der Waals surface area contributed by atoms with Gasteiger partial charge >= 0.3 is 0 Å². The molecule has 2 aromatic carbocycles. The topological polar surface area (TPSA) is 99.9 Å². The van der Waals surface area contributed by atoms with Crippen molar-refractivity contribution >= 4 is 22.3 Å². The summed E-state index contributed by atoms with van der Waals surface area (Å²) in [7, 11) is 1.59. The van der Waals surface area contributed by atoms with Crippen LogP contribution in [0.25, 0.3) is 10.9 Å². The van der Waals surface area contributed by atoms with E-state index in [1.165, 1.54) is 6.20 Å². The van der Waals surface area contributed by atoms with Gasteiger partial charge in [0.1, 0.15) is 17.3 Å². The molecule has 0 spiro atoms. The summed E-state index contributed by atoms with van der Waals surface area (Å²) in [5.74, 6) is 1.42. The van der Waals surface area contributed by atoms with E-state index >= 15 is 0 Å². The summed E-state index contributed by atoms with van der Waals surface area (Å²) in [6.45, 7) is 8.70. The Kier molecular flexibility index (Phi) is 7.36. The highest BCUT2D eigenvalue weighted by Gasteiger charge is 2.17. The number of anilines is 2. The maximum Gasteiger partial charge on any atom is 0.187 e. The first-order chi connectivity index (χ1) is 16.5. The smallest absolute Gasteiger partial charge is 0.187 e. The van der Waals surface area contributed by atoms with E-state index in [4.69, 9.17) is 14.2 Å². The zero-order valence-corrected chi connectivity index (χ0v) is 19.9. The highest BCUT2D eigenvalue weighted by atomic mass is 16.5. The zero-order valence-electron chi connectivity index (χ0n) is 19.9. The molecule has 2 N–H and O–H groups in total. The predicted molar refractivity (Wildman–Crippen MR) is 131 cm³/mol. The molecule has 0 radical (unpaired) electrons. The summed E-state index contributed by atoms with van der Waals surface area (Å²) >= 11 is 0. The van der Waals surface area contributed by atoms with Gasteiger partial charge in [-0.15, -0.1) is 0 Å². The summed E-state index contributed by atoms with van der Waals surface area (Å²) in [5.41, 5.74) is 3.95. The fourth-order valence-corrected chi connectivity index (χ4v) is 4.22. The quantitative estimate of drug-likeness (QED) is 0.378. The van der Waals surface area contributed by atoms with Crippen molar-refractivity contribution in [3.05, 3.63) is 47.2 Å². The molecule has 0 saturated carbocycles. The lowest BCUT2D eigenvalue weighted by Crippen LogP contribution is -2.37. The lowest BCUT2D eigenvalue weighted by molar-refractivity contribution is 0.0357. The number of hydrogen-bond acceptors (Lipinski definition) is 8. The van der Waals surface area contributed by atoms with E-state index in [1.807, 2.05) is 38.1 Å². The lowest BCUT2D eigenvalue weighted by Gasteiger charge is -2.26. The number of morpholine rings is 1. The van der Waals surface area contributed by atoms with Crippen molar-refractivity contribution in [2.75, 3.05) is 51.9 Å². The van der Waals surface area contributed by atoms with E-state index in [-0.39, 0.29) is 5.75 Å². The van der Waals surface area contributed by atoms with Crippen molar-refractivity contribution in [1.29, 1.82) is 5.26 Å². The van der Waals surface area contributed by atoms with Gasteiger partial charge in [-0.05, 0) is 55.7 Å². The first-order valence-corrected chi connectivity index (χ1v) is 11.4. The van der Waals surface area contributed by atoms with Crippen molar-refractivity contribution < 1.29 is 19.3 Å². The maximum atomic E-state index is 10.1. The molecular formula is C26H30N4O4. The number of pyridine rings is 1. The van der Waals surface area contributed by atoms with Gasteiger partial charge in [0.25, 0.3) is 0 Å².